The fourth-order valence-electron chi connectivity index (χ4n) is 2.43. The van der Waals surface area contributed by atoms with E-state index in [-0.39, 0.29) is 12.5 Å². The highest BCUT2D eigenvalue weighted by Crippen LogP contribution is 2.32. The van der Waals surface area contributed by atoms with E-state index in [1.807, 2.05) is 48.5 Å². The average molecular weight is 435 g/mol. The highest BCUT2D eigenvalue weighted by atomic mass is 79.9. The predicted molar refractivity (Wildman–Crippen MR) is 107 cm³/mol. The van der Waals surface area contributed by atoms with E-state index in [9.17, 15) is 4.79 Å². The molecule has 3 aromatic carbocycles. The number of hydrogen-bond donors (Lipinski definition) is 1. The molecule has 134 valence electrons. The van der Waals surface area contributed by atoms with Crippen LogP contribution >= 0.6 is 27.5 Å². The van der Waals surface area contributed by atoms with Crippen molar-refractivity contribution in [3.05, 3.63) is 70.2 Å². The summed E-state index contributed by atoms with van der Waals surface area (Å²) in [4.78, 5) is 11.9. The molecule has 0 bridgehead atoms. The van der Waals surface area contributed by atoms with Gasteiger partial charge in [0.15, 0.2) is 6.61 Å². The molecule has 0 aliphatic rings. The number of carbonyl (C=O) groups excluding carboxylic acids is 1. The van der Waals surface area contributed by atoms with E-state index in [2.05, 4.69) is 21.2 Å². The molecule has 1 N–H and O–H groups in total. The standard InChI is InChI=1S/C20H17BrClNO3/c21-20-15-6-2-1-5-14(15)9-10-18(20)26-13-19(24)23-11-12-25-17-8-4-3-7-16(17)22/h1-10H,11-13H2,(H,23,24). The van der Waals surface area contributed by atoms with Gasteiger partial charge in [0.05, 0.1) is 16.0 Å². The lowest BCUT2D eigenvalue weighted by molar-refractivity contribution is -0.123. The first-order valence-corrected chi connectivity index (χ1v) is 9.26. The number of ether oxygens (including phenoxy) is 2. The van der Waals surface area contributed by atoms with E-state index in [0.29, 0.717) is 29.7 Å². The Labute approximate surface area is 165 Å². The molecular weight excluding hydrogens is 418 g/mol. The van der Waals surface area contributed by atoms with Crippen LogP contribution in [0.4, 0.5) is 0 Å². The first kappa shape index (κ1) is 18.5. The molecule has 3 rings (SSSR count). The summed E-state index contributed by atoms with van der Waals surface area (Å²) in [5, 5.41) is 5.44. The van der Waals surface area contributed by atoms with Gasteiger partial charge in [-0.15, -0.1) is 0 Å². The molecule has 0 unspecified atom stereocenters. The molecule has 0 fully saturated rings. The maximum atomic E-state index is 11.9. The lowest BCUT2D eigenvalue weighted by Crippen LogP contribution is -2.32. The molecule has 0 aliphatic heterocycles. The van der Waals surface area contributed by atoms with Crippen molar-refractivity contribution in [1.29, 1.82) is 0 Å². The molecule has 0 spiro atoms. The minimum absolute atomic E-state index is 0.0664. The van der Waals surface area contributed by atoms with Crippen molar-refractivity contribution in [3.8, 4) is 11.5 Å². The smallest absolute Gasteiger partial charge is 0.258 e. The van der Waals surface area contributed by atoms with E-state index < -0.39 is 0 Å². The second-order valence-corrected chi connectivity index (χ2v) is 6.72. The van der Waals surface area contributed by atoms with Crippen molar-refractivity contribution >= 4 is 44.2 Å². The fraction of sp³-hybridized carbons (Fsp3) is 0.150. The quantitative estimate of drug-likeness (QED) is 0.542. The van der Waals surface area contributed by atoms with Crippen LogP contribution in [-0.2, 0) is 4.79 Å². The molecule has 0 aliphatic carbocycles. The molecule has 4 nitrogen and oxygen atoms in total. The number of para-hydroxylation sites is 1. The van der Waals surface area contributed by atoms with Gasteiger partial charge in [0.25, 0.3) is 5.91 Å². The first-order chi connectivity index (χ1) is 12.6. The average Bonchev–Trinajstić information content (AvgIpc) is 2.66. The molecule has 1 amide bonds. The second kappa shape index (κ2) is 8.92. The summed E-state index contributed by atoms with van der Waals surface area (Å²) >= 11 is 9.54. The number of nitrogens with one attached hydrogen (secondary N) is 1. The van der Waals surface area contributed by atoms with Gasteiger partial charge < -0.3 is 14.8 Å². The van der Waals surface area contributed by atoms with Gasteiger partial charge in [-0.2, -0.15) is 0 Å². The lowest BCUT2D eigenvalue weighted by atomic mass is 10.1. The Hall–Kier alpha value is -2.24. The van der Waals surface area contributed by atoms with Crippen LogP contribution < -0.4 is 14.8 Å². The zero-order chi connectivity index (χ0) is 18.4. The molecule has 0 saturated heterocycles. The molecule has 6 heteroatoms. The first-order valence-electron chi connectivity index (χ1n) is 8.09. The Morgan fingerprint density at radius 1 is 0.962 bits per heavy atom. The molecule has 0 heterocycles. The Bertz CT molecular complexity index is 916. The van der Waals surface area contributed by atoms with E-state index in [4.69, 9.17) is 21.1 Å². The third-order valence-electron chi connectivity index (χ3n) is 3.71. The largest absolute Gasteiger partial charge is 0.490 e. The minimum atomic E-state index is -0.215. The summed E-state index contributed by atoms with van der Waals surface area (Å²) in [6, 6.07) is 19.0. The Kier molecular flexibility index (Phi) is 6.36. The van der Waals surface area contributed by atoms with Crippen molar-refractivity contribution in [3.63, 3.8) is 0 Å². The van der Waals surface area contributed by atoms with Crippen molar-refractivity contribution < 1.29 is 14.3 Å². The molecule has 26 heavy (non-hydrogen) atoms. The van der Waals surface area contributed by atoms with Crippen LogP contribution in [0.5, 0.6) is 11.5 Å². The maximum absolute atomic E-state index is 11.9. The zero-order valence-corrected chi connectivity index (χ0v) is 16.2. The highest BCUT2D eigenvalue weighted by molar-refractivity contribution is 9.10. The van der Waals surface area contributed by atoms with E-state index in [0.717, 1.165) is 15.2 Å². The van der Waals surface area contributed by atoms with Gasteiger partial charge in [0.2, 0.25) is 0 Å². The maximum Gasteiger partial charge on any atom is 0.258 e. The molecule has 0 atom stereocenters. The number of fused-ring (bicyclic) bond motifs is 1. The zero-order valence-electron chi connectivity index (χ0n) is 13.9. The SMILES string of the molecule is O=C(COc1ccc2ccccc2c1Br)NCCOc1ccccc1Cl. The summed E-state index contributed by atoms with van der Waals surface area (Å²) in [5.41, 5.74) is 0. The van der Waals surface area contributed by atoms with Crippen LogP contribution in [0.1, 0.15) is 0 Å². The normalized spacial score (nSPS) is 10.5. The van der Waals surface area contributed by atoms with Gasteiger partial charge in [0.1, 0.15) is 18.1 Å². The highest BCUT2D eigenvalue weighted by Gasteiger charge is 2.08. The van der Waals surface area contributed by atoms with Crippen molar-refractivity contribution in [2.75, 3.05) is 19.8 Å². The van der Waals surface area contributed by atoms with E-state index in [1.165, 1.54) is 0 Å². The van der Waals surface area contributed by atoms with Crippen LogP contribution in [-0.4, -0.2) is 25.7 Å². The topological polar surface area (TPSA) is 47.6 Å². The number of rotatable bonds is 7. The fourth-order valence-corrected chi connectivity index (χ4v) is 3.23. The Morgan fingerprint density at radius 3 is 2.58 bits per heavy atom. The van der Waals surface area contributed by atoms with Crippen LogP contribution in [0, 0.1) is 0 Å². The number of halogens is 2. The van der Waals surface area contributed by atoms with Gasteiger partial charge in [-0.1, -0.05) is 54.1 Å². The predicted octanol–water partition coefficient (Wildman–Crippen LogP) is 4.83. The van der Waals surface area contributed by atoms with Crippen LogP contribution in [0.15, 0.2) is 65.1 Å². The van der Waals surface area contributed by atoms with Gasteiger partial charge in [0, 0.05) is 0 Å². The van der Waals surface area contributed by atoms with Crippen LogP contribution in [0.2, 0.25) is 5.02 Å². The molecule has 0 aromatic heterocycles. The molecular formula is C20H17BrClNO3. The van der Waals surface area contributed by atoms with E-state index in [1.54, 1.807) is 12.1 Å². The second-order valence-electron chi connectivity index (χ2n) is 5.52. The number of benzene rings is 3. The minimum Gasteiger partial charge on any atom is -0.490 e. The summed E-state index contributed by atoms with van der Waals surface area (Å²) in [5.74, 6) is 1.01. The summed E-state index contributed by atoms with van der Waals surface area (Å²) in [6.45, 7) is 0.629. The third-order valence-corrected chi connectivity index (χ3v) is 4.84. The van der Waals surface area contributed by atoms with Gasteiger partial charge >= 0.3 is 0 Å². The summed E-state index contributed by atoms with van der Waals surface area (Å²) in [7, 11) is 0. The monoisotopic (exact) mass is 433 g/mol. The van der Waals surface area contributed by atoms with Crippen LogP contribution in [0.25, 0.3) is 10.8 Å². The Balaban J connectivity index is 1.46. The lowest BCUT2D eigenvalue weighted by Gasteiger charge is -2.11. The number of amides is 1. The molecule has 0 saturated carbocycles. The van der Waals surface area contributed by atoms with Crippen molar-refractivity contribution in [2.45, 2.75) is 0 Å². The van der Waals surface area contributed by atoms with Crippen LogP contribution in [0.3, 0.4) is 0 Å². The van der Waals surface area contributed by atoms with Gasteiger partial charge in [-0.25, -0.2) is 0 Å². The van der Waals surface area contributed by atoms with Gasteiger partial charge in [-0.3, -0.25) is 4.79 Å². The Morgan fingerprint density at radius 2 is 1.73 bits per heavy atom. The third kappa shape index (κ3) is 4.68. The molecule has 3 aromatic rings. The number of hydrogen-bond acceptors (Lipinski definition) is 3. The number of carbonyl (C=O) groups is 1. The summed E-state index contributed by atoms with van der Waals surface area (Å²) in [6.07, 6.45) is 0. The van der Waals surface area contributed by atoms with E-state index >= 15 is 0 Å². The van der Waals surface area contributed by atoms with Gasteiger partial charge in [-0.05, 0) is 44.9 Å². The van der Waals surface area contributed by atoms with Crippen molar-refractivity contribution in [2.24, 2.45) is 0 Å². The summed E-state index contributed by atoms with van der Waals surface area (Å²) < 4.78 is 12.0. The molecule has 0 radical (unpaired) electrons. The van der Waals surface area contributed by atoms with Crippen molar-refractivity contribution in [1.82, 2.24) is 5.32 Å².